The summed E-state index contributed by atoms with van der Waals surface area (Å²) in [7, 11) is 3.60. The fourth-order valence-corrected chi connectivity index (χ4v) is 2.55. The van der Waals surface area contributed by atoms with Crippen LogP contribution in [0.3, 0.4) is 0 Å². The van der Waals surface area contributed by atoms with Gasteiger partial charge in [0.15, 0.2) is 6.20 Å². The third-order valence-corrected chi connectivity index (χ3v) is 3.87. The van der Waals surface area contributed by atoms with Crippen molar-refractivity contribution in [3.63, 3.8) is 0 Å². The van der Waals surface area contributed by atoms with Crippen molar-refractivity contribution in [1.82, 2.24) is 0 Å². The summed E-state index contributed by atoms with van der Waals surface area (Å²) in [6.45, 7) is 0. The molecule has 0 saturated heterocycles. The molecule has 4 heteroatoms. The molecule has 0 atom stereocenters. The molecule has 0 radical (unpaired) electrons. The van der Waals surface area contributed by atoms with Crippen LogP contribution in [0.5, 0.6) is 5.75 Å². The van der Waals surface area contributed by atoms with Gasteiger partial charge in [-0.15, -0.1) is 0 Å². The minimum atomic E-state index is 0.565. The Morgan fingerprint density at radius 3 is 2.70 bits per heavy atom. The molecule has 1 aromatic carbocycles. The van der Waals surface area contributed by atoms with E-state index in [0.717, 1.165) is 22.8 Å². The van der Waals surface area contributed by atoms with Gasteiger partial charge in [0.1, 0.15) is 24.3 Å². The SMILES string of the molecule is COc1ccc(-c2ccc(/C=C/c3cccc[n+]3C)o2)cc1Cl. The van der Waals surface area contributed by atoms with E-state index in [4.69, 9.17) is 20.8 Å². The first-order valence-electron chi connectivity index (χ1n) is 7.24. The number of benzene rings is 1. The van der Waals surface area contributed by atoms with E-state index >= 15 is 0 Å². The van der Waals surface area contributed by atoms with Gasteiger partial charge in [0.05, 0.1) is 12.1 Å². The highest BCUT2D eigenvalue weighted by Gasteiger charge is 2.07. The molecule has 3 rings (SSSR count). The van der Waals surface area contributed by atoms with Crippen LogP contribution >= 0.6 is 11.6 Å². The maximum absolute atomic E-state index is 6.16. The average Bonchev–Trinajstić information content (AvgIpc) is 3.03. The molecular formula is C19H17ClNO2+. The lowest BCUT2D eigenvalue weighted by Crippen LogP contribution is -2.30. The van der Waals surface area contributed by atoms with Gasteiger partial charge in [-0.05, 0) is 42.5 Å². The van der Waals surface area contributed by atoms with E-state index in [9.17, 15) is 0 Å². The van der Waals surface area contributed by atoms with E-state index in [1.807, 2.05) is 78.5 Å². The van der Waals surface area contributed by atoms with Gasteiger partial charge >= 0.3 is 0 Å². The Labute approximate surface area is 140 Å². The van der Waals surface area contributed by atoms with Gasteiger partial charge in [0.25, 0.3) is 0 Å². The van der Waals surface area contributed by atoms with Gasteiger partial charge < -0.3 is 9.15 Å². The highest BCUT2D eigenvalue weighted by molar-refractivity contribution is 6.32. The monoisotopic (exact) mass is 326 g/mol. The van der Waals surface area contributed by atoms with Crippen LogP contribution in [0.25, 0.3) is 23.5 Å². The molecule has 0 aliphatic rings. The molecule has 0 N–H and O–H groups in total. The quantitative estimate of drug-likeness (QED) is 0.655. The summed E-state index contributed by atoms with van der Waals surface area (Å²) < 4.78 is 13.1. The van der Waals surface area contributed by atoms with Crippen molar-refractivity contribution in [1.29, 1.82) is 0 Å². The topological polar surface area (TPSA) is 26.2 Å². The Morgan fingerprint density at radius 2 is 1.96 bits per heavy atom. The summed E-state index contributed by atoms with van der Waals surface area (Å²) in [5.41, 5.74) is 2.01. The molecule has 0 aliphatic carbocycles. The lowest BCUT2D eigenvalue weighted by Gasteiger charge is -2.04. The van der Waals surface area contributed by atoms with Crippen LogP contribution < -0.4 is 9.30 Å². The molecule has 0 amide bonds. The fraction of sp³-hybridized carbons (Fsp3) is 0.105. The molecule has 3 aromatic rings. The second-order valence-electron chi connectivity index (χ2n) is 5.12. The van der Waals surface area contributed by atoms with Crippen molar-refractivity contribution in [3.05, 3.63) is 71.2 Å². The Kier molecular flexibility index (Phi) is 4.49. The Bertz CT molecular complexity index is 852. The van der Waals surface area contributed by atoms with Crippen molar-refractivity contribution in [3.8, 4) is 17.1 Å². The van der Waals surface area contributed by atoms with E-state index in [2.05, 4.69) is 0 Å². The number of methoxy groups -OCH3 is 1. The van der Waals surface area contributed by atoms with E-state index in [-0.39, 0.29) is 0 Å². The molecule has 116 valence electrons. The van der Waals surface area contributed by atoms with Crippen molar-refractivity contribution >= 4 is 23.8 Å². The Balaban J connectivity index is 1.83. The number of ether oxygens (including phenoxy) is 1. The van der Waals surface area contributed by atoms with Crippen LogP contribution in [0.15, 0.2) is 59.1 Å². The van der Waals surface area contributed by atoms with Crippen LogP contribution in [0.2, 0.25) is 5.02 Å². The first-order valence-corrected chi connectivity index (χ1v) is 7.61. The first-order chi connectivity index (χ1) is 11.2. The van der Waals surface area contributed by atoms with Crippen LogP contribution in [0.4, 0.5) is 0 Å². The standard InChI is InChI=1S/C19H17ClNO2/c1-21-12-4-3-5-15(21)7-8-16-9-11-18(23-16)14-6-10-19(22-2)17(20)13-14/h3-13H,1-2H3/q+1/b8-7+. The van der Waals surface area contributed by atoms with Gasteiger partial charge in [-0.1, -0.05) is 11.6 Å². The van der Waals surface area contributed by atoms with E-state index < -0.39 is 0 Å². The van der Waals surface area contributed by atoms with E-state index in [0.29, 0.717) is 10.8 Å². The zero-order valence-corrected chi connectivity index (χ0v) is 13.7. The molecule has 0 saturated carbocycles. The van der Waals surface area contributed by atoms with Crippen LogP contribution in [-0.2, 0) is 7.05 Å². The van der Waals surface area contributed by atoms with E-state index in [1.54, 1.807) is 7.11 Å². The van der Waals surface area contributed by atoms with Crippen LogP contribution in [-0.4, -0.2) is 7.11 Å². The second kappa shape index (κ2) is 6.71. The summed E-state index contributed by atoms with van der Waals surface area (Å²) in [5.74, 6) is 2.21. The van der Waals surface area contributed by atoms with Gasteiger partial charge in [0.2, 0.25) is 5.69 Å². The number of aryl methyl sites for hydroxylation is 1. The lowest BCUT2D eigenvalue weighted by atomic mass is 10.2. The smallest absolute Gasteiger partial charge is 0.205 e. The molecule has 0 spiro atoms. The fourth-order valence-electron chi connectivity index (χ4n) is 2.29. The molecular weight excluding hydrogens is 310 g/mol. The number of hydrogen-bond donors (Lipinski definition) is 0. The summed E-state index contributed by atoms with van der Waals surface area (Å²) in [6.07, 6.45) is 5.97. The number of furan rings is 1. The van der Waals surface area contributed by atoms with Crippen molar-refractivity contribution in [2.45, 2.75) is 0 Å². The zero-order valence-electron chi connectivity index (χ0n) is 13.0. The Hall–Kier alpha value is -2.52. The van der Waals surface area contributed by atoms with Gasteiger partial charge in [-0.3, -0.25) is 0 Å². The number of hydrogen-bond acceptors (Lipinski definition) is 2. The molecule has 3 nitrogen and oxygen atoms in total. The summed E-state index contributed by atoms with van der Waals surface area (Å²) in [4.78, 5) is 0. The van der Waals surface area contributed by atoms with Crippen LogP contribution in [0, 0.1) is 0 Å². The second-order valence-corrected chi connectivity index (χ2v) is 5.53. The number of aromatic nitrogens is 1. The lowest BCUT2D eigenvalue weighted by molar-refractivity contribution is -0.673. The zero-order chi connectivity index (χ0) is 16.2. The van der Waals surface area contributed by atoms with Crippen LogP contribution in [0.1, 0.15) is 11.5 Å². The number of rotatable bonds is 4. The molecule has 2 heterocycles. The van der Waals surface area contributed by atoms with Gasteiger partial charge in [0, 0.05) is 23.8 Å². The highest BCUT2D eigenvalue weighted by atomic mass is 35.5. The highest BCUT2D eigenvalue weighted by Crippen LogP contribution is 2.31. The average molecular weight is 327 g/mol. The molecule has 23 heavy (non-hydrogen) atoms. The third-order valence-electron chi connectivity index (χ3n) is 3.58. The summed E-state index contributed by atoms with van der Waals surface area (Å²) in [6, 6.07) is 15.5. The maximum atomic E-state index is 6.16. The first kappa shape index (κ1) is 15.4. The predicted octanol–water partition coefficient (Wildman–Crippen LogP) is 4.60. The number of halogens is 1. The summed E-state index contributed by atoms with van der Waals surface area (Å²) in [5, 5.41) is 0.565. The molecule has 2 aromatic heterocycles. The minimum absolute atomic E-state index is 0.565. The molecule has 0 bridgehead atoms. The van der Waals surface area contributed by atoms with Gasteiger partial charge in [-0.2, -0.15) is 0 Å². The van der Waals surface area contributed by atoms with Crippen molar-refractivity contribution in [2.24, 2.45) is 7.05 Å². The van der Waals surface area contributed by atoms with Crippen molar-refractivity contribution < 1.29 is 13.7 Å². The maximum Gasteiger partial charge on any atom is 0.205 e. The molecule has 0 fully saturated rings. The van der Waals surface area contributed by atoms with Gasteiger partial charge in [-0.25, -0.2) is 4.57 Å². The van der Waals surface area contributed by atoms with E-state index in [1.165, 1.54) is 0 Å². The molecule has 0 aliphatic heterocycles. The summed E-state index contributed by atoms with van der Waals surface area (Å²) >= 11 is 6.16. The minimum Gasteiger partial charge on any atom is -0.495 e. The number of pyridine rings is 1. The largest absolute Gasteiger partial charge is 0.495 e. The predicted molar refractivity (Wildman–Crippen MR) is 92.3 cm³/mol. The van der Waals surface area contributed by atoms with Crippen molar-refractivity contribution in [2.75, 3.05) is 7.11 Å². The Morgan fingerprint density at radius 1 is 1.09 bits per heavy atom. The normalized spacial score (nSPS) is 11.1. The number of nitrogens with zero attached hydrogens (tertiary/aromatic N) is 1. The third kappa shape index (κ3) is 3.46. The molecule has 0 unspecified atom stereocenters.